The zero-order valence-corrected chi connectivity index (χ0v) is 17.8. The van der Waals surface area contributed by atoms with Crippen molar-refractivity contribution in [3.8, 4) is 0 Å². The summed E-state index contributed by atoms with van der Waals surface area (Å²) in [4.78, 5) is 5.37. The molecular weight excluding hydrogens is 456 g/mol. The molecule has 3 rings (SSSR count). The summed E-state index contributed by atoms with van der Waals surface area (Å²) in [5, 5.41) is 43.5. The molecule has 0 spiro atoms. The van der Waals surface area contributed by atoms with E-state index in [0.717, 1.165) is 10.9 Å². The molecule has 2 aromatic rings. The van der Waals surface area contributed by atoms with E-state index in [0.29, 0.717) is 17.5 Å². The van der Waals surface area contributed by atoms with Gasteiger partial charge in [0.15, 0.2) is 0 Å². The molecule has 2 heterocycles. The van der Waals surface area contributed by atoms with Gasteiger partial charge in [-0.15, -0.1) is 0 Å². The minimum atomic E-state index is -5.16. The number of aliphatic hydroxyl groups is 4. The van der Waals surface area contributed by atoms with Crippen LogP contribution >= 0.6 is 11.8 Å². The van der Waals surface area contributed by atoms with Crippen molar-refractivity contribution in [2.75, 3.05) is 13.7 Å². The molecule has 1 aromatic heterocycles. The van der Waals surface area contributed by atoms with E-state index >= 15 is 0 Å². The number of fused-ring (bicyclic) bond motifs is 1. The number of thioether (sulfide) groups is 1. The quantitative estimate of drug-likeness (QED) is 0.120. The maximum atomic E-state index is 10.9. The molecule has 1 saturated heterocycles. The van der Waals surface area contributed by atoms with Gasteiger partial charge < -0.3 is 34.6 Å². The number of ether oxygens (including phenoxy) is 1. The average molecular weight is 477 g/mol. The van der Waals surface area contributed by atoms with Crippen molar-refractivity contribution in [2.45, 2.75) is 36.3 Å². The van der Waals surface area contributed by atoms with E-state index in [9.17, 15) is 33.4 Å². The molecule has 0 saturated carbocycles. The van der Waals surface area contributed by atoms with Gasteiger partial charge >= 0.3 is 0 Å². The Bertz CT molecular complexity index is 1040. The Balaban J connectivity index is 1.91. The molecule has 1 aliphatic rings. The first-order valence-corrected chi connectivity index (χ1v) is 11.2. The lowest BCUT2D eigenvalue weighted by atomic mass is 10.0. The van der Waals surface area contributed by atoms with Crippen LogP contribution in [0.1, 0.15) is 5.69 Å². The van der Waals surface area contributed by atoms with Gasteiger partial charge in [-0.1, -0.05) is 35.1 Å². The van der Waals surface area contributed by atoms with Crippen LogP contribution in [0.15, 0.2) is 35.5 Å². The van der Waals surface area contributed by atoms with Gasteiger partial charge in [0.05, 0.1) is 17.8 Å². The number of hydrogen-bond acceptors (Lipinski definition) is 12. The lowest BCUT2D eigenvalue weighted by Gasteiger charge is -2.39. The summed E-state index contributed by atoms with van der Waals surface area (Å²) in [6, 6.07) is 8.98. The van der Waals surface area contributed by atoms with Crippen LogP contribution in [0.3, 0.4) is 0 Å². The highest BCUT2D eigenvalue weighted by molar-refractivity contribution is 8.14. The van der Waals surface area contributed by atoms with Gasteiger partial charge in [0.2, 0.25) is 0 Å². The van der Waals surface area contributed by atoms with Crippen LogP contribution in [0.2, 0.25) is 0 Å². The maximum Gasteiger partial charge on any atom is 0.284 e. The molecule has 1 fully saturated rings. The number of rotatable bonds is 7. The Morgan fingerprint density at radius 3 is 2.61 bits per heavy atom. The molecule has 0 bridgehead atoms. The van der Waals surface area contributed by atoms with Crippen molar-refractivity contribution in [1.82, 2.24) is 4.73 Å². The van der Waals surface area contributed by atoms with Gasteiger partial charge in [-0.05, 0) is 12.1 Å². The topological polar surface area (TPSA) is 183 Å². The second-order valence-electron chi connectivity index (χ2n) is 6.63. The number of nitrogens with zero attached hydrogens (tertiary/aromatic N) is 2. The van der Waals surface area contributed by atoms with Crippen molar-refractivity contribution in [3.63, 3.8) is 0 Å². The lowest BCUT2D eigenvalue weighted by Crippen LogP contribution is -2.57. The second-order valence-corrected chi connectivity index (χ2v) is 8.77. The SMILES string of the molecule is COn1c(C/C(=N\OS(=O)(=O)[O-])S[C@@H]2O[C@H](CO)[C@@H](O)[C@H](O)[C@H]2O)cc2ccccc21. The number of aliphatic hydroxyl groups excluding tert-OH is 4. The summed E-state index contributed by atoms with van der Waals surface area (Å²) in [6.45, 7) is -0.641. The molecule has 0 aliphatic carbocycles. The predicted octanol–water partition coefficient (Wildman–Crippen LogP) is -1.43. The van der Waals surface area contributed by atoms with Crippen LogP contribution in [0, 0.1) is 0 Å². The zero-order chi connectivity index (χ0) is 22.8. The van der Waals surface area contributed by atoms with E-state index in [-0.39, 0.29) is 11.5 Å². The summed E-state index contributed by atoms with van der Waals surface area (Å²) >= 11 is 0.662. The van der Waals surface area contributed by atoms with E-state index in [1.54, 1.807) is 18.2 Å². The Morgan fingerprint density at radius 1 is 1.26 bits per heavy atom. The number of para-hydroxylation sites is 1. The minimum absolute atomic E-state index is 0.0995. The Hall–Kier alpha value is -1.91. The molecule has 0 amide bonds. The van der Waals surface area contributed by atoms with Gasteiger partial charge in [-0.2, -0.15) is 13.1 Å². The molecule has 0 unspecified atom stereocenters. The largest absolute Gasteiger partial charge is 0.714 e. The molecule has 5 atom stereocenters. The van der Waals surface area contributed by atoms with Crippen LogP contribution in [-0.2, 0) is 25.8 Å². The smallest absolute Gasteiger partial charge is 0.284 e. The summed E-state index contributed by atoms with van der Waals surface area (Å²) in [7, 11) is -3.74. The Morgan fingerprint density at radius 2 is 1.97 bits per heavy atom. The third-order valence-electron chi connectivity index (χ3n) is 4.58. The Labute approximate surface area is 181 Å². The van der Waals surface area contributed by atoms with Gasteiger partial charge in [-0.25, -0.2) is 0 Å². The highest BCUT2D eigenvalue weighted by atomic mass is 32.3. The monoisotopic (exact) mass is 477 g/mol. The van der Waals surface area contributed by atoms with Crippen molar-refractivity contribution < 1.29 is 47.3 Å². The summed E-state index contributed by atoms with van der Waals surface area (Å²) in [5.74, 6) is 0. The molecule has 4 N–H and O–H groups in total. The highest BCUT2D eigenvalue weighted by Crippen LogP contribution is 2.31. The van der Waals surface area contributed by atoms with Crippen molar-refractivity contribution in [2.24, 2.45) is 5.16 Å². The van der Waals surface area contributed by atoms with E-state index in [2.05, 4.69) is 9.44 Å². The first-order valence-electron chi connectivity index (χ1n) is 8.97. The standard InChI is InChI=1S/C17H22N2O10S2/c1-27-19-10(6-9-4-2-3-5-11(9)19)7-13(18-29-31(24,25)26)30-17-16(23)15(22)14(21)12(8-20)28-17/h2-6,12,14-17,20-23H,7-8H2,1H3,(H,24,25,26)/p-1/b18-13+/t12-,14-,15+,16-,17+/m1/s1. The average Bonchev–Trinajstić information content (AvgIpc) is 3.08. The molecule has 1 aliphatic heterocycles. The molecule has 31 heavy (non-hydrogen) atoms. The van der Waals surface area contributed by atoms with Crippen LogP contribution in [0.5, 0.6) is 0 Å². The van der Waals surface area contributed by atoms with E-state index < -0.39 is 46.9 Å². The molecule has 14 heteroatoms. The fourth-order valence-corrected chi connectivity index (χ4v) is 4.47. The lowest BCUT2D eigenvalue weighted by molar-refractivity contribution is -0.205. The number of oxime groups is 1. The molecule has 12 nitrogen and oxygen atoms in total. The van der Waals surface area contributed by atoms with Crippen LogP contribution < -0.4 is 4.84 Å². The molecule has 0 radical (unpaired) electrons. The minimum Gasteiger partial charge on any atom is -0.714 e. The summed E-state index contributed by atoms with van der Waals surface area (Å²) in [5.41, 5.74) is -0.0337. The third kappa shape index (κ3) is 5.48. The van der Waals surface area contributed by atoms with Crippen molar-refractivity contribution >= 4 is 38.1 Å². The van der Waals surface area contributed by atoms with Crippen LogP contribution in [0.4, 0.5) is 0 Å². The Kier molecular flexibility index (Phi) is 7.43. The van der Waals surface area contributed by atoms with Gasteiger partial charge in [0.1, 0.15) is 42.0 Å². The van der Waals surface area contributed by atoms with E-state index in [1.165, 1.54) is 11.8 Å². The molecule has 1 aromatic carbocycles. The van der Waals surface area contributed by atoms with Gasteiger partial charge in [0, 0.05) is 11.8 Å². The molecular formula is C17H21N2O10S2-. The fraction of sp³-hybridized carbons (Fsp3) is 0.471. The third-order valence-corrected chi connectivity index (χ3v) is 5.95. The second kappa shape index (κ2) is 9.70. The van der Waals surface area contributed by atoms with Crippen LogP contribution in [-0.4, -0.2) is 86.7 Å². The first-order chi connectivity index (χ1) is 14.6. The van der Waals surface area contributed by atoms with Crippen molar-refractivity contribution in [1.29, 1.82) is 0 Å². The van der Waals surface area contributed by atoms with E-state index in [1.807, 2.05) is 12.1 Å². The van der Waals surface area contributed by atoms with Crippen molar-refractivity contribution in [3.05, 3.63) is 36.0 Å². The number of aromatic nitrogens is 1. The highest BCUT2D eigenvalue weighted by Gasteiger charge is 2.44. The van der Waals surface area contributed by atoms with Crippen LogP contribution in [0.25, 0.3) is 10.9 Å². The van der Waals surface area contributed by atoms with Gasteiger partial charge in [-0.3, -0.25) is 4.28 Å². The maximum absolute atomic E-state index is 10.9. The fourth-order valence-electron chi connectivity index (χ4n) is 3.16. The summed E-state index contributed by atoms with van der Waals surface area (Å²) in [6.07, 6.45) is -6.08. The van der Waals surface area contributed by atoms with E-state index in [4.69, 9.17) is 9.57 Å². The van der Waals surface area contributed by atoms with Gasteiger partial charge in [0.25, 0.3) is 10.4 Å². The zero-order valence-electron chi connectivity index (χ0n) is 16.1. The normalized spacial score (nSPS) is 27.4. The number of hydrogen-bond donors (Lipinski definition) is 4. The predicted molar refractivity (Wildman–Crippen MR) is 108 cm³/mol. The number of benzene rings is 1. The first kappa shape index (κ1) is 23.7. The molecule has 172 valence electrons. The summed E-state index contributed by atoms with van der Waals surface area (Å²) < 4.78 is 43.6.